The number of sulfonamides is 1. The number of benzene rings is 1. The molecule has 2 amide bonds. The van der Waals surface area contributed by atoms with Gasteiger partial charge in [0.05, 0.1) is 12.5 Å². The van der Waals surface area contributed by atoms with Gasteiger partial charge in [0.1, 0.15) is 10.0 Å². The zero-order valence-electron chi connectivity index (χ0n) is 19.6. The van der Waals surface area contributed by atoms with Crippen LogP contribution in [-0.2, 0) is 24.4 Å². The van der Waals surface area contributed by atoms with Gasteiger partial charge in [-0.15, -0.1) is 11.3 Å². The van der Waals surface area contributed by atoms with Crippen molar-refractivity contribution in [2.45, 2.75) is 50.0 Å². The standard InChI is InChI=1S/C23H28FN3O6S2/c1-23(2,3)14-18(28)26-10-11-27(35(32,33)20-5-4-12-34-20)22(26)21(31)25-17(13-19(29)30)15-6-8-16(24)9-7-15/h4-9,12,17,22H,10-11,13-14H2,1-3H3,(H,25,31)(H,29,30). The highest BCUT2D eigenvalue weighted by Gasteiger charge is 2.47. The first kappa shape index (κ1) is 26.8. The molecule has 12 heteroatoms. The number of carbonyl (C=O) groups excluding carboxylic acids is 2. The number of carboxylic acids is 1. The molecule has 1 aliphatic rings. The summed E-state index contributed by atoms with van der Waals surface area (Å²) in [6.07, 6.45) is -1.92. The summed E-state index contributed by atoms with van der Waals surface area (Å²) in [7, 11) is -4.10. The summed E-state index contributed by atoms with van der Waals surface area (Å²) in [5.41, 5.74) is -0.0710. The highest BCUT2D eigenvalue weighted by Crippen LogP contribution is 2.30. The summed E-state index contributed by atoms with van der Waals surface area (Å²) >= 11 is 0.993. The predicted octanol–water partition coefficient (Wildman–Crippen LogP) is 2.81. The van der Waals surface area contributed by atoms with E-state index in [0.29, 0.717) is 5.56 Å². The molecule has 1 saturated heterocycles. The molecule has 35 heavy (non-hydrogen) atoms. The van der Waals surface area contributed by atoms with Gasteiger partial charge in [0.15, 0.2) is 6.17 Å². The number of rotatable bonds is 8. The zero-order chi connectivity index (χ0) is 26.0. The number of nitrogens with one attached hydrogen (secondary N) is 1. The van der Waals surface area contributed by atoms with Crippen molar-refractivity contribution >= 4 is 39.1 Å². The molecule has 1 aromatic carbocycles. The van der Waals surface area contributed by atoms with Crippen LogP contribution in [-0.4, -0.2) is 59.8 Å². The van der Waals surface area contributed by atoms with E-state index in [0.717, 1.165) is 27.8 Å². The molecule has 3 rings (SSSR count). The minimum Gasteiger partial charge on any atom is -0.481 e. The Morgan fingerprint density at radius 1 is 1.17 bits per heavy atom. The van der Waals surface area contributed by atoms with E-state index in [4.69, 9.17) is 0 Å². The number of halogens is 1. The van der Waals surface area contributed by atoms with Crippen molar-refractivity contribution in [3.05, 3.63) is 53.2 Å². The van der Waals surface area contributed by atoms with Crippen LogP contribution in [0.2, 0.25) is 0 Å². The maximum absolute atomic E-state index is 13.5. The SMILES string of the molecule is CC(C)(C)CC(=O)N1CCN(S(=O)(=O)c2cccs2)C1C(=O)NC(CC(=O)O)c1ccc(F)cc1. The van der Waals surface area contributed by atoms with E-state index in [9.17, 15) is 32.3 Å². The first-order valence-corrected chi connectivity index (χ1v) is 13.2. The highest BCUT2D eigenvalue weighted by molar-refractivity contribution is 7.91. The lowest BCUT2D eigenvalue weighted by molar-refractivity contribution is -0.143. The number of amides is 2. The summed E-state index contributed by atoms with van der Waals surface area (Å²) < 4.78 is 41.0. The van der Waals surface area contributed by atoms with Gasteiger partial charge >= 0.3 is 5.97 Å². The van der Waals surface area contributed by atoms with Crippen molar-refractivity contribution in [3.8, 4) is 0 Å². The normalized spacial score (nSPS) is 17.8. The minimum atomic E-state index is -4.10. The van der Waals surface area contributed by atoms with Crippen LogP contribution in [0.1, 0.15) is 45.2 Å². The largest absolute Gasteiger partial charge is 0.481 e. The van der Waals surface area contributed by atoms with E-state index in [2.05, 4.69) is 5.32 Å². The predicted molar refractivity (Wildman–Crippen MR) is 127 cm³/mol. The lowest BCUT2D eigenvalue weighted by Gasteiger charge is -2.31. The van der Waals surface area contributed by atoms with Crippen molar-refractivity contribution in [3.63, 3.8) is 0 Å². The molecule has 0 spiro atoms. The van der Waals surface area contributed by atoms with Crippen LogP contribution in [0, 0.1) is 11.2 Å². The second-order valence-electron chi connectivity index (χ2n) is 9.46. The fourth-order valence-corrected chi connectivity index (χ4v) is 6.51. The van der Waals surface area contributed by atoms with Gasteiger partial charge in [-0.3, -0.25) is 14.4 Å². The Bertz CT molecular complexity index is 1180. The molecule has 9 nitrogen and oxygen atoms in total. The Hall–Kier alpha value is -2.83. The third kappa shape index (κ3) is 6.44. The maximum atomic E-state index is 13.5. The molecule has 1 aromatic heterocycles. The Morgan fingerprint density at radius 2 is 1.83 bits per heavy atom. The summed E-state index contributed by atoms with van der Waals surface area (Å²) in [4.78, 5) is 39.3. The molecule has 2 heterocycles. The monoisotopic (exact) mass is 525 g/mol. The molecular weight excluding hydrogens is 497 g/mol. The lowest BCUT2D eigenvalue weighted by atomic mass is 9.91. The molecule has 0 radical (unpaired) electrons. The quantitative estimate of drug-likeness (QED) is 0.546. The molecule has 1 aliphatic heterocycles. The molecule has 2 N–H and O–H groups in total. The second-order valence-corrected chi connectivity index (χ2v) is 12.5. The van der Waals surface area contributed by atoms with Crippen molar-refractivity contribution in [1.29, 1.82) is 0 Å². The summed E-state index contributed by atoms with van der Waals surface area (Å²) in [6.45, 7) is 5.49. The van der Waals surface area contributed by atoms with Crippen molar-refractivity contribution in [1.82, 2.24) is 14.5 Å². The molecule has 190 valence electrons. The van der Waals surface area contributed by atoms with Crippen LogP contribution < -0.4 is 5.32 Å². The van der Waals surface area contributed by atoms with E-state index in [1.54, 1.807) is 11.4 Å². The molecule has 2 aromatic rings. The van der Waals surface area contributed by atoms with Gasteiger partial charge in [-0.1, -0.05) is 39.0 Å². The number of aliphatic carboxylic acids is 1. The smallest absolute Gasteiger partial charge is 0.305 e. The van der Waals surface area contributed by atoms with E-state index in [-0.39, 0.29) is 23.7 Å². The Labute approximate surface area is 207 Å². The third-order valence-electron chi connectivity index (χ3n) is 5.39. The van der Waals surface area contributed by atoms with Crippen molar-refractivity contribution < 1.29 is 32.3 Å². The zero-order valence-corrected chi connectivity index (χ0v) is 21.2. The van der Waals surface area contributed by atoms with Gasteiger partial charge in [0.25, 0.3) is 15.9 Å². The van der Waals surface area contributed by atoms with Crippen LogP contribution >= 0.6 is 11.3 Å². The minimum absolute atomic E-state index is 0.0117. The first-order valence-electron chi connectivity index (χ1n) is 10.9. The van der Waals surface area contributed by atoms with E-state index in [1.807, 2.05) is 20.8 Å². The summed E-state index contributed by atoms with van der Waals surface area (Å²) in [6, 6.07) is 6.90. The van der Waals surface area contributed by atoms with E-state index >= 15 is 0 Å². The van der Waals surface area contributed by atoms with Gasteiger partial charge in [-0.25, -0.2) is 12.8 Å². The third-order valence-corrected chi connectivity index (χ3v) is 8.62. The highest BCUT2D eigenvalue weighted by atomic mass is 32.2. The van der Waals surface area contributed by atoms with Crippen molar-refractivity contribution in [2.75, 3.05) is 13.1 Å². The Morgan fingerprint density at radius 3 is 2.37 bits per heavy atom. The Kier molecular flexibility index (Phi) is 7.97. The summed E-state index contributed by atoms with van der Waals surface area (Å²) in [5, 5.41) is 13.5. The molecule has 1 fully saturated rings. The molecule has 0 bridgehead atoms. The number of hydrogen-bond acceptors (Lipinski definition) is 6. The number of carboxylic acid groups (broad SMARTS) is 1. The van der Waals surface area contributed by atoms with Gasteiger partial charge in [-0.2, -0.15) is 4.31 Å². The van der Waals surface area contributed by atoms with Gasteiger partial charge in [0, 0.05) is 19.5 Å². The number of nitrogens with zero attached hydrogens (tertiary/aromatic N) is 2. The van der Waals surface area contributed by atoms with E-state index < -0.39 is 57.7 Å². The average Bonchev–Trinajstić information content (AvgIpc) is 3.43. The topological polar surface area (TPSA) is 124 Å². The summed E-state index contributed by atoms with van der Waals surface area (Å²) in [5.74, 6) is -2.97. The fourth-order valence-electron chi connectivity index (χ4n) is 3.84. The average molecular weight is 526 g/mol. The Balaban J connectivity index is 1.97. The van der Waals surface area contributed by atoms with Crippen LogP contribution in [0.5, 0.6) is 0 Å². The van der Waals surface area contributed by atoms with Crippen LogP contribution in [0.4, 0.5) is 4.39 Å². The molecule has 0 aliphatic carbocycles. The molecule has 2 unspecified atom stereocenters. The van der Waals surface area contributed by atoms with Crippen LogP contribution in [0.15, 0.2) is 46.0 Å². The fraction of sp³-hybridized carbons (Fsp3) is 0.435. The molecule has 2 atom stereocenters. The maximum Gasteiger partial charge on any atom is 0.305 e. The van der Waals surface area contributed by atoms with Gasteiger partial charge in [-0.05, 0) is 34.6 Å². The number of carbonyl (C=O) groups is 3. The number of hydrogen-bond donors (Lipinski definition) is 2. The first-order chi connectivity index (χ1) is 16.3. The second kappa shape index (κ2) is 10.4. The molecular formula is C23H28FN3O6S2. The number of thiophene rings is 1. The van der Waals surface area contributed by atoms with Gasteiger partial charge < -0.3 is 15.3 Å². The van der Waals surface area contributed by atoms with Crippen molar-refractivity contribution in [2.24, 2.45) is 5.41 Å². The van der Waals surface area contributed by atoms with Gasteiger partial charge in [0.2, 0.25) is 5.91 Å². The lowest BCUT2D eigenvalue weighted by Crippen LogP contribution is -2.54. The van der Waals surface area contributed by atoms with E-state index in [1.165, 1.54) is 23.1 Å². The molecule has 0 saturated carbocycles. The van der Waals surface area contributed by atoms with Crippen LogP contribution in [0.25, 0.3) is 0 Å². The van der Waals surface area contributed by atoms with Crippen LogP contribution in [0.3, 0.4) is 0 Å².